The van der Waals surface area contributed by atoms with Gasteiger partial charge in [-0.25, -0.2) is 9.78 Å². The number of para-hydroxylation sites is 1. The Morgan fingerprint density at radius 1 is 1.29 bits per heavy atom. The zero-order chi connectivity index (χ0) is 14.8. The third-order valence-corrected chi connectivity index (χ3v) is 4.09. The van der Waals surface area contributed by atoms with Gasteiger partial charge in [-0.2, -0.15) is 0 Å². The first kappa shape index (κ1) is 13.9. The molecule has 0 saturated carbocycles. The molecule has 1 heterocycles. The number of carbonyl (C=O) groups is 1. The second-order valence-electron chi connectivity index (χ2n) is 4.31. The standard InChI is InChI=1S/C15H10ClNO3S/c16-9-5-6-12(18)10(7-9)15(19)20-8-14-17-11-3-1-2-4-13(11)21-14/h1-7,18H,8H2. The molecule has 0 aliphatic heterocycles. The van der Waals surface area contributed by atoms with Gasteiger partial charge in [0.2, 0.25) is 0 Å². The molecule has 0 fully saturated rings. The lowest BCUT2D eigenvalue weighted by molar-refractivity contribution is 0.0469. The summed E-state index contributed by atoms with van der Waals surface area (Å²) in [5.74, 6) is -0.789. The first-order valence-corrected chi connectivity index (χ1v) is 7.33. The summed E-state index contributed by atoms with van der Waals surface area (Å²) in [7, 11) is 0. The average molecular weight is 320 g/mol. The van der Waals surface area contributed by atoms with Crippen LogP contribution < -0.4 is 0 Å². The summed E-state index contributed by atoms with van der Waals surface area (Å²) < 4.78 is 6.21. The lowest BCUT2D eigenvalue weighted by Crippen LogP contribution is -2.05. The number of phenols is 1. The number of phenolic OH excluding ortho intramolecular Hbond substituents is 1. The van der Waals surface area contributed by atoms with Gasteiger partial charge in [-0.05, 0) is 30.3 Å². The highest BCUT2D eigenvalue weighted by atomic mass is 35.5. The van der Waals surface area contributed by atoms with E-state index in [-0.39, 0.29) is 17.9 Å². The van der Waals surface area contributed by atoms with Gasteiger partial charge in [0.1, 0.15) is 22.9 Å². The molecule has 0 radical (unpaired) electrons. The molecule has 0 atom stereocenters. The summed E-state index contributed by atoms with van der Waals surface area (Å²) in [5, 5.41) is 10.7. The van der Waals surface area contributed by atoms with Crippen LogP contribution in [0.2, 0.25) is 5.02 Å². The Morgan fingerprint density at radius 2 is 2.10 bits per heavy atom. The van der Waals surface area contributed by atoms with Gasteiger partial charge in [0.05, 0.1) is 10.2 Å². The topological polar surface area (TPSA) is 59.4 Å². The molecule has 0 aliphatic carbocycles. The number of fused-ring (bicyclic) bond motifs is 1. The second-order valence-corrected chi connectivity index (χ2v) is 5.86. The molecule has 2 aromatic carbocycles. The van der Waals surface area contributed by atoms with E-state index < -0.39 is 5.97 Å². The van der Waals surface area contributed by atoms with Crippen LogP contribution >= 0.6 is 22.9 Å². The summed E-state index contributed by atoms with van der Waals surface area (Å²) in [6, 6.07) is 11.9. The van der Waals surface area contributed by atoms with E-state index in [4.69, 9.17) is 16.3 Å². The number of carbonyl (C=O) groups excluding carboxylic acids is 1. The molecule has 0 spiro atoms. The Hall–Kier alpha value is -2.11. The molecular formula is C15H10ClNO3S. The largest absolute Gasteiger partial charge is 0.507 e. The number of hydrogen-bond acceptors (Lipinski definition) is 5. The van der Waals surface area contributed by atoms with E-state index in [9.17, 15) is 9.90 Å². The lowest BCUT2D eigenvalue weighted by atomic mass is 10.2. The van der Waals surface area contributed by atoms with E-state index in [0.717, 1.165) is 10.2 Å². The fourth-order valence-corrected chi connectivity index (χ4v) is 2.91. The van der Waals surface area contributed by atoms with E-state index in [1.54, 1.807) is 0 Å². The van der Waals surface area contributed by atoms with E-state index in [2.05, 4.69) is 4.98 Å². The summed E-state index contributed by atoms with van der Waals surface area (Å²) in [5.41, 5.74) is 0.919. The summed E-state index contributed by atoms with van der Waals surface area (Å²) >= 11 is 7.27. The van der Waals surface area contributed by atoms with Crippen molar-refractivity contribution in [3.63, 3.8) is 0 Å². The molecular weight excluding hydrogens is 310 g/mol. The minimum Gasteiger partial charge on any atom is -0.507 e. The number of nitrogens with zero attached hydrogens (tertiary/aromatic N) is 1. The van der Waals surface area contributed by atoms with Gasteiger partial charge in [0.15, 0.2) is 0 Å². The van der Waals surface area contributed by atoms with Crippen LogP contribution in [0, 0.1) is 0 Å². The fraction of sp³-hybridized carbons (Fsp3) is 0.0667. The van der Waals surface area contributed by atoms with Crippen molar-refractivity contribution in [1.82, 2.24) is 4.98 Å². The average Bonchev–Trinajstić information content (AvgIpc) is 2.90. The Balaban J connectivity index is 1.74. The third-order valence-electron chi connectivity index (χ3n) is 2.84. The van der Waals surface area contributed by atoms with Crippen molar-refractivity contribution >= 4 is 39.1 Å². The first-order chi connectivity index (χ1) is 10.1. The van der Waals surface area contributed by atoms with E-state index in [0.29, 0.717) is 10.0 Å². The monoisotopic (exact) mass is 319 g/mol. The normalized spacial score (nSPS) is 10.7. The van der Waals surface area contributed by atoms with Crippen LogP contribution in [0.4, 0.5) is 0 Å². The number of rotatable bonds is 3. The Labute approximate surface area is 129 Å². The van der Waals surface area contributed by atoms with Crippen LogP contribution in [0.25, 0.3) is 10.2 Å². The van der Waals surface area contributed by atoms with Crippen LogP contribution in [-0.2, 0) is 11.3 Å². The molecule has 3 aromatic rings. The predicted molar refractivity (Wildman–Crippen MR) is 81.9 cm³/mol. The van der Waals surface area contributed by atoms with E-state index in [1.165, 1.54) is 29.5 Å². The van der Waals surface area contributed by atoms with E-state index in [1.807, 2.05) is 24.3 Å². The van der Waals surface area contributed by atoms with Gasteiger partial charge in [-0.1, -0.05) is 23.7 Å². The Kier molecular flexibility index (Phi) is 3.77. The molecule has 0 amide bonds. The van der Waals surface area contributed by atoms with Crippen LogP contribution in [0.5, 0.6) is 5.75 Å². The molecule has 6 heteroatoms. The van der Waals surface area contributed by atoms with Gasteiger partial charge in [0, 0.05) is 5.02 Å². The molecule has 4 nitrogen and oxygen atoms in total. The highest BCUT2D eigenvalue weighted by Gasteiger charge is 2.14. The van der Waals surface area contributed by atoms with Crippen LogP contribution in [0.3, 0.4) is 0 Å². The number of ether oxygens (including phenoxy) is 1. The quantitative estimate of drug-likeness (QED) is 0.741. The molecule has 3 rings (SSSR count). The first-order valence-electron chi connectivity index (χ1n) is 6.13. The lowest BCUT2D eigenvalue weighted by Gasteiger charge is -2.05. The second kappa shape index (κ2) is 5.71. The van der Waals surface area contributed by atoms with Crippen molar-refractivity contribution in [2.24, 2.45) is 0 Å². The summed E-state index contributed by atoms with van der Waals surface area (Å²) in [6.45, 7) is 0.0597. The highest BCUT2D eigenvalue weighted by molar-refractivity contribution is 7.18. The van der Waals surface area contributed by atoms with Gasteiger partial charge in [-0.15, -0.1) is 11.3 Å². The number of aromatic nitrogens is 1. The van der Waals surface area contributed by atoms with E-state index >= 15 is 0 Å². The van der Waals surface area contributed by atoms with Crippen LogP contribution in [0.15, 0.2) is 42.5 Å². The van der Waals surface area contributed by atoms with Crippen molar-refractivity contribution < 1.29 is 14.6 Å². The molecule has 1 aromatic heterocycles. The number of hydrogen-bond donors (Lipinski definition) is 1. The molecule has 0 bridgehead atoms. The maximum Gasteiger partial charge on any atom is 0.342 e. The number of benzene rings is 2. The van der Waals surface area contributed by atoms with Crippen LogP contribution in [-0.4, -0.2) is 16.1 Å². The molecule has 0 unspecified atom stereocenters. The van der Waals surface area contributed by atoms with Crippen molar-refractivity contribution in [2.45, 2.75) is 6.61 Å². The number of esters is 1. The van der Waals surface area contributed by atoms with Gasteiger partial charge < -0.3 is 9.84 Å². The van der Waals surface area contributed by atoms with Crippen molar-refractivity contribution in [1.29, 1.82) is 0 Å². The molecule has 1 N–H and O–H groups in total. The van der Waals surface area contributed by atoms with Crippen molar-refractivity contribution in [3.8, 4) is 5.75 Å². The van der Waals surface area contributed by atoms with Gasteiger partial charge >= 0.3 is 5.97 Å². The van der Waals surface area contributed by atoms with Gasteiger partial charge in [0.25, 0.3) is 0 Å². The summed E-state index contributed by atoms with van der Waals surface area (Å²) in [6.07, 6.45) is 0. The summed E-state index contributed by atoms with van der Waals surface area (Å²) in [4.78, 5) is 16.3. The minimum absolute atomic E-state index is 0.0450. The minimum atomic E-state index is -0.630. The zero-order valence-electron chi connectivity index (χ0n) is 10.7. The van der Waals surface area contributed by atoms with Crippen molar-refractivity contribution in [2.75, 3.05) is 0 Å². The number of aromatic hydroxyl groups is 1. The van der Waals surface area contributed by atoms with Crippen LogP contribution in [0.1, 0.15) is 15.4 Å². The smallest absolute Gasteiger partial charge is 0.342 e. The molecule has 21 heavy (non-hydrogen) atoms. The Bertz CT molecular complexity index is 783. The molecule has 106 valence electrons. The highest BCUT2D eigenvalue weighted by Crippen LogP contribution is 2.24. The fourth-order valence-electron chi connectivity index (χ4n) is 1.86. The zero-order valence-corrected chi connectivity index (χ0v) is 12.3. The Morgan fingerprint density at radius 3 is 2.90 bits per heavy atom. The maximum absolute atomic E-state index is 11.9. The number of halogens is 1. The van der Waals surface area contributed by atoms with Crippen molar-refractivity contribution in [3.05, 3.63) is 58.1 Å². The molecule has 0 saturated heterocycles. The predicted octanol–water partition coefficient (Wildman–Crippen LogP) is 4.01. The SMILES string of the molecule is O=C(OCc1nc2ccccc2s1)c1cc(Cl)ccc1O. The maximum atomic E-state index is 11.9. The third kappa shape index (κ3) is 2.99. The molecule has 0 aliphatic rings. The number of thiazole rings is 1. The van der Waals surface area contributed by atoms with Gasteiger partial charge in [-0.3, -0.25) is 0 Å².